The number of carbonyl (C=O) groups excluding carboxylic acids is 2. The lowest BCUT2D eigenvalue weighted by Gasteiger charge is -2.23. The molecule has 0 radical (unpaired) electrons. The van der Waals surface area contributed by atoms with Gasteiger partial charge in [0.15, 0.2) is 9.84 Å². The Kier molecular flexibility index (Phi) is 7.44. The molecule has 1 aliphatic rings. The quantitative estimate of drug-likeness (QED) is 0.619. The van der Waals surface area contributed by atoms with Crippen LogP contribution >= 0.6 is 23.4 Å². The Balaban J connectivity index is 1.53. The van der Waals surface area contributed by atoms with E-state index < -0.39 is 9.84 Å². The third-order valence-electron chi connectivity index (χ3n) is 4.75. The van der Waals surface area contributed by atoms with Gasteiger partial charge in [0.25, 0.3) is 0 Å². The molecule has 0 spiro atoms. The Morgan fingerprint density at radius 3 is 2.63 bits per heavy atom. The highest BCUT2D eigenvalue weighted by Gasteiger charge is 2.27. The SMILES string of the molecule is CC[C@@H]1Sc2ccc(S(=O)(=O)CCC(=O)NCCc3ccc(Cl)cc3)cc2NC1=O. The molecule has 160 valence electrons. The number of halogens is 1. The summed E-state index contributed by atoms with van der Waals surface area (Å²) in [5, 5.41) is 6.00. The molecule has 2 amide bonds. The van der Waals surface area contributed by atoms with Crippen molar-refractivity contribution in [2.75, 3.05) is 17.6 Å². The van der Waals surface area contributed by atoms with Gasteiger partial charge in [0.2, 0.25) is 11.8 Å². The second-order valence-corrected chi connectivity index (χ2v) is 10.7. The molecule has 9 heteroatoms. The van der Waals surface area contributed by atoms with Crippen molar-refractivity contribution in [2.45, 2.75) is 41.2 Å². The fourth-order valence-corrected chi connectivity index (χ4v) is 5.43. The van der Waals surface area contributed by atoms with E-state index >= 15 is 0 Å². The van der Waals surface area contributed by atoms with Crippen molar-refractivity contribution >= 4 is 50.7 Å². The van der Waals surface area contributed by atoms with Crippen molar-refractivity contribution in [3.8, 4) is 0 Å². The molecule has 0 saturated heterocycles. The first-order valence-electron chi connectivity index (χ1n) is 9.64. The van der Waals surface area contributed by atoms with E-state index in [1.807, 2.05) is 19.1 Å². The molecule has 1 aliphatic heterocycles. The van der Waals surface area contributed by atoms with Gasteiger partial charge < -0.3 is 10.6 Å². The van der Waals surface area contributed by atoms with E-state index in [9.17, 15) is 18.0 Å². The average molecular weight is 467 g/mol. The van der Waals surface area contributed by atoms with Gasteiger partial charge in [-0.25, -0.2) is 8.42 Å². The summed E-state index contributed by atoms with van der Waals surface area (Å²) >= 11 is 7.27. The predicted molar refractivity (Wildman–Crippen MR) is 120 cm³/mol. The van der Waals surface area contributed by atoms with Crippen molar-refractivity contribution in [1.82, 2.24) is 5.32 Å². The van der Waals surface area contributed by atoms with Crippen LogP contribution in [-0.4, -0.2) is 37.8 Å². The molecule has 6 nitrogen and oxygen atoms in total. The number of carbonyl (C=O) groups is 2. The highest BCUT2D eigenvalue weighted by molar-refractivity contribution is 8.01. The number of benzene rings is 2. The Labute approximate surface area is 185 Å². The van der Waals surface area contributed by atoms with Crippen LogP contribution in [-0.2, 0) is 25.8 Å². The van der Waals surface area contributed by atoms with E-state index in [4.69, 9.17) is 11.6 Å². The lowest BCUT2D eigenvalue weighted by atomic mass is 10.1. The highest BCUT2D eigenvalue weighted by atomic mass is 35.5. The zero-order valence-corrected chi connectivity index (χ0v) is 18.9. The van der Waals surface area contributed by atoms with E-state index in [0.29, 0.717) is 30.1 Å². The van der Waals surface area contributed by atoms with E-state index in [2.05, 4.69) is 10.6 Å². The molecule has 0 unspecified atom stereocenters. The summed E-state index contributed by atoms with van der Waals surface area (Å²) in [4.78, 5) is 25.0. The van der Waals surface area contributed by atoms with Gasteiger partial charge in [-0.1, -0.05) is 30.7 Å². The lowest BCUT2D eigenvalue weighted by molar-refractivity contribution is -0.120. The molecule has 1 atom stereocenters. The van der Waals surface area contributed by atoms with Gasteiger partial charge in [0, 0.05) is 22.9 Å². The molecule has 0 saturated carbocycles. The van der Waals surface area contributed by atoms with Crippen LogP contribution in [0.1, 0.15) is 25.3 Å². The fourth-order valence-electron chi connectivity index (χ4n) is 3.02. The number of hydrogen-bond donors (Lipinski definition) is 2. The van der Waals surface area contributed by atoms with Gasteiger partial charge in [-0.15, -0.1) is 11.8 Å². The van der Waals surface area contributed by atoms with E-state index in [0.717, 1.165) is 10.5 Å². The van der Waals surface area contributed by atoms with Crippen LogP contribution in [0.5, 0.6) is 0 Å². The molecular weight excluding hydrogens is 444 g/mol. The van der Waals surface area contributed by atoms with Gasteiger partial charge in [-0.3, -0.25) is 9.59 Å². The standard InChI is InChI=1S/C21H23ClN2O4S2/c1-2-18-21(26)24-17-13-16(7-8-19(17)29-18)30(27,28)12-10-20(25)23-11-9-14-3-5-15(22)6-4-14/h3-8,13,18H,2,9-12H2,1H3,(H,23,25)(H,24,26)/t18-/m0/s1. The average Bonchev–Trinajstić information content (AvgIpc) is 2.73. The first-order chi connectivity index (χ1) is 14.3. The summed E-state index contributed by atoms with van der Waals surface area (Å²) in [6.45, 7) is 2.35. The Hall–Kier alpha value is -2.03. The molecule has 2 aromatic rings. The smallest absolute Gasteiger partial charge is 0.237 e. The van der Waals surface area contributed by atoms with Crippen LogP contribution in [0, 0.1) is 0 Å². The molecule has 30 heavy (non-hydrogen) atoms. The zero-order chi connectivity index (χ0) is 21.7. The fraction of sp³-hybridized carbons (Fsp3) is 0.333. The summed E-state index contributed by atoms with van der Waals surface area (Å²) in [6.07, 6.45) is 1.21. The number of rotatable bonds is 8. The molecule has 3 rings (SSSR count). The van der Waals surface area contributed by atoms with Crippen molar-refractivity contribution in [3.05, 3.63) is 53.1 Å². The van der Waals surface area contributed by atoms with Gasteiger partial charge >= 0.3 is 0 Å². The minimum atomic E-state index is -3.64. The topological polar surface area (TPSA) is 92.3 Å². The monoisotopic (exact) mass is 466 g/mol. The highest BCUT2D eigenvalue weighted by Crippen LogP contribution is 2.38. The second-order valence-electron chi connectivity index (χ2n) is 6.96. The summed E-state index contributed by atoms with van der Waals surface area (Å²) in [7, 11) is -3.64. The van der Waals surface area contributed by atoms with Crippen molar-refractivity contribution < 1.29 is 18.0 Å². The number of anilines is 1. The molecule has 0 aromatic heterocycles. The second kappa shape index (κ2) is 9.85. The third kappa shape index (κ3) is 5.77. The van der Waals surface area contributed by atoms with Gasteiger partial charge in [-0.2, -0.15) is 0 Å². The Bertz CT molecular complexity index is 1040. The molecule has 0 aliphatic carbocycles. The van der Waals surface area contributed by atoms with E-state index in [-0.39, 0.29) is 34.1 Å². The predicted octanol–water partition coefficient (Wildman–Crippen LogP) is 3.69. The zero-order valence-electron chi connectivity index (χ0n) is 16.5. The number of hydrogen-bond acceptors (Lipinski definition) is 5. The largest absolute Gasteiger partial charge is 0.356 e. The summed E-state index contributed by atoms with van der Waals surface area (Å²) in [5.74, 6) is -0.734. The van der Waals surface area contributed by atoms with Crippen LogP contribution in [0.4, 0.5) is 5.69 Å². The van der Waals surface area contributed by atoms with Crippen LogP contribution in [0.2, 0.25) is 5.02 Å². The summed E-state index contributed by atoms with van der Waals surface area (Å²) in [6, 6.07) is 12.1. The first kappa shape index (κ1) is 22.7. The maximum atomic E-state index is 12.6. The number of amides is 2. The van der Waals surface area contributed by atoms with Gasteiger partial charge in [0.05, 0.1) is 21.6 Å². The van der Waals surface area contributed by atoms with E-state index in [1.54, 1.807) is 18.2 Å². The molecule has 0 bridgehead atoms. The molecule has 0 fully saturated rings. The van der Waals surface area contributed by atoms with E-state index in [1.165, 1.54) is 23.9 Å². The van der Waals surface area contributed by atoms with Crippen molar-refractivity contribution in [3.63, 3.8) is 0 Å². The minimum Gasteiger partial charge on any atom is -0.356 e. The number of thioether (sulfide) groups is 1. The number of fused-ring (bicyclic) bond motifs is 1. The third-order valence-corrected chi connectivity index (χ3v) is 8.16. The summed E-state index contributed by atoms with van der Waals surface area (Å²) < 4.78 is 25.3. The lowest BCUT2D eigenvalue weighted by Crippen LogP contribution is -2.29. The number of sulfone groups is 1. The maximum Gasteiger partial charge on any atom is 0.237 e. The van der Waals surface area contributed by atoms with Gasteiger partial charge in [-0.05, 0) is 48.7 Å². The normalized spacial score (nSPS) is 15.9. The van der Waals surface area contributed by atoms with Crippen LogP contribution in [0.3, 0.4) is 0 Å². The van der Waals surface area contributed by atoms with Crippen LogP contribution in [0.15, 0.2) is 52.3 Å². The van der Waals surface area contributed by atoms with Crippen molar-refractivity contribution in [2.24, 2.45) is 0 Å². The Morgan fingerprint density at radius 1 is 1.20 bits per heavy atom. The first-order valence-corrected chi connectivity index (χ1v) is 12.5. The molecular formula is C21H23ClN2O4S2. The van der Waals surface area contributed by atoms with Crippen LogP contribution < -0.4 is 10.6 Å². The van der Waals surface area contributed by atoms with Gasteiger partial charge in [0.1, 0.15) is 0 Å². The van der Waals surface area contributed by atoms with Crippen LogP contribution in [0.25, 0.3) is 0 Å². The number of nitrogens with one attached hydrogen (secondary N) is 2. The summed E-state index contributed by atoms with van der Waals surface area (Å²) in [5.41, 5.74) is 1.54. The minimum absolute atomic E-state index is 0.103. The Morgan fingerprint density at radius 2 is 1.93 bits per heavy atom. The molecule has 2 N–H and O–H groups in total. The molecule has 2 aromatic carbocycles. The van der Waals surface area contributed by atoms with Crippen molar-refractivity contribution in [1.29, 1.82) is 0 Å². The maximum absolute atomic E-state index is 12.6. The molecule has 1 heterocycles.